The number of hydrogen-bond donors (Lipinski definition) is 2. The van der Waals surface area contributed by atoms with Crippen molar-refractivity contribution >= 4 is 0 Å². The molecule has 2 aromatic carbocycles. The van der Waals surface area contributed by atoms with Crippen LogP contribution in [0, 0.1) is 0 Å². The Labute approximate surface area is 244 Å². The van der Waals surface area contributed by atoms with Crippen LogP contribution in [0.1, 0.15) is 114 Å². The molecule has 0 spiro atoms. The number of ether oxygens (including phenoxy) is 4. The molecular weight excluding hydrogens is 500 g/mol. The molecule has 40 heavy (non-hydrogen) atoms. The molecule has 0 aliphatic rings. The third kappa shape index (κ3) is 14.5. The first-order chi connectivity index (χ1) is 19.7. The maximum Gasteiger partial charge on any atom is 0.119 e. The summed E-state index contributed by atoms with van der Waals surface area (Å²) >= 11 is 0. The van der Waals surface area contributed by atoms with Crippen LogP contribution in [-0.2, 0) is 9.47 Å². The van der Waals surface area contributed by atoms with Gasteiger partial charge in [0.1, 0.15) is 11.5 Å². The predicted octanol–water partition coefficient (Wildman–Crippen LogP) is 7.90. The molecule has 226 valence electrons. The molecule has 2 atom stereocenters. The van der Waals surface area contributed by atoms with Gasteiger partial charge in [0.25, 0.3) is 0 Å². The van der Waals surface area contributed by atoms with Crippen molar-refractivity contribution in [3.05, 3.63) is 59.7 Å². The number of unbranched alkanes of at least 4 members (excludes halogenated alkanes) is 7. The fourth-order valence-corrected chi connectivity index (χ4v) is 4.69. The van der Waals surface area contributed by atoms with Crippen LogP contribution >= 0.6 is 0 Å². The second kappa shape index (κ2) is 22.6. The largest absolute Gasteiger partial charge is 0.494 e. The van der Waals surface area contributed by atoms with Gasteiger partial charge in [-0.2, -0.15) is 0 Å². The third-order valence-corrected chi connectivity index (χ3v) is 7.16. The van der Waals surface area contributed by atoms with Gasteiger partial charge in [0.2, 0.25) is 0 Å². The predicted molar refractivity (Wildman–Crippen MR) is 166 cm³/mol. The molecular formula is C34H56N2O4. The number of rotatable bonds is 25. The van der Waals surface area contributed by atoms with E-state index in [0.29, 0.717) is 0 Å². The van der Waals surface area contributed by atoms with Crippen molar-refractivity contribution in [2.75, 3.05) is 39.5 Å². The molecule has 0 saturated heterocycles. The van der Waals surface area contributed by atoms with E-state index >= 15 is 0 Å². The number of benzene rings is 2. The van der Waals surface area contributed by atoms with Crippen molar-refractivity contribution in [1.29, 1.82) is 0 Å². The average molecular weight is 557 g/mol. The zero-order chi connectivity index (χ0) is 28.7. The van der Waals surface area contributed by atoms with Crippen LogP contribution in [-0.4, -0.2) is 39.5 Å². The summed E-state index contributed by atoms with van der Waals surface area (Å²) < 4.78 is 24.1. The van der Waals surface area contributed by atoms with Crippen molar-refractivity contribution in [3.8, 4) is 11.5 Å². The Bertz CT molecular complexity index is 773. The van der Waals surface area contributed by atoms with E-state index in [4.69, 9.17) is 30.4 Å². The molecule has 6 nitrogen and oxygen atoms in total. The van der Waals surface area contributed by atoms with E-state index in [1.54, 1.807) is 0 Å². The molecule has 6 heteroatoms. The highest BCUT2D eigenvalue weighted by atomic mass is 16.5. The highest BCUT2D eigenvalue weighted by Crippen LogP contribution is 2.25. The van der Waals surface area contributed by atoms with E-state index in [-0.39, 0.29) is 12.2 Å². The molecule has 0 aromatic heterocycles. The third-order valence-electron chi connectivity index (χ3n) is 7.16. The van der Waals surface area contributed by atoms with Crippen molar-refractivity contribution in [2.24, 2.45) is 11.5 Å². The minimum absolute atomic E-state index is 0.149. The smallest absolute Gasteiger partial charge is 0.119 e. The summed E-state index contributed by atoms with van der Waals surface area (Å²) in [5, 5.41) is 0. The summed E-state index contributed by atoms with van der Waals surface area (Å²) in [6.07, 6.45) is 13.1. The van der Waals surface area contributed by atoms with E-state index in [2.05, 4.69) is 62.4 Å². The van der Waals surface area contributed by atoms with E-state index in [0.717, 1.165) is 128 Å². The molecule has 4 N–H and O–H groups in total. The van der Waals surface area contributed by atoms with Crippen LogP contribution in [0.5, 0.6) is 11.5 Å². The second-order valence-corrected chi connectivity index (χ2v) is 10.5. The van der Waals surface area contributed by atoms with Crippen LogP contribution in [0.4, 0.5) is 0 Å². The molecule has 0 bridgehead atoms. The molecule has 0 aliphatic heterocycles. The summed E-state index contributed by atoms with van der Waals surface area (Å²) in [5.41, 5.74) is 13.6. The fraction of sp³-hybridized carbons (Fsp3) is 0.647. The first-order valence-electron chi connectivity index (χ1n) is 15.8. The first kappa shape index (κ1) is 34.1. The topological polar surface area (TPSA) is 89.0 Å². The summed E-state index contributed by atoms with van der Waals surface area (Å²) in [5.74, 6) is 1.85. The molecule has 0 amide bonds. The van der Waals surface area contributed by atoms with Crippen LogP contribution in [0.15, 0.2) is 48.5 Å². The van der Waals surface area contributed by atoms with Gasteiger partial charge in [-0.25, -0.2) is 0 Å². The quantitative estimate of drug-likeness (QED) is 0.121. The minimum Gasteiger partial charge on any atom is -0.494 e. The van der Waals surface area contributed by atoms with Crippen molar-refractivity contribution in [1.82, 2.24) is 0 Å². The minimum atomic E-state index is 0.149. The van der Waals surface area contributed by atoms with Gasteiger partial charge in [0.05, 0.1) is 25.4 Å². The highest BCUT2D eigenvalue weighted by Gasteiger charge is 2.11. The first-order valence-corrected chi connectivity index (χ1v) is 15.8. The summed E-state index contributed by atoms with van der Waals surface area (Å²) in [6.45, 7) is 8.92. The van der Waals surface area contributed by atoms with E-state index in [1.165, 1.54) is 11.1 Å². The molecule has 2 aromatic rings. The van der Waals surface area contributed by atoms with Crippen molar-refractivity contribution in [3.63, 3.8) is 0 Å². The molecule has 0 aliphatic carbocycles. The zero-order valence-electron chi connectivity index (χ0n) is 25.3. The lowest BCUT2D eigenvalue weighted by Gasteiger charge is -2.17. The second-order valence-electron chi connectivity index (χ2n) is 10.5. The number of hydrogen-bond acceptors (Lipinski definition) is 6. The van der Waals surface area contributed by atoms with Gasteiger partial charge in [-0.15, -0.1) is 0 Å². The van der Waals surface area contributed by atoms with Crippen molar-refractivity contribution < 1.29 is 18.9 Å². The van der Waals surface area contributed by atoms with Crippen LogP contribution < -0.4 is 20.9 Å². The lowest BCUT2D eigenvalue weighted by atomic mass is 10.1. The fourth-order valence-electron chi connectivity index (χ4n) is 4.69. The monoisotopic (exact) mass is 556 g/mol. The van der Waals surface area contributed by atoms with Gasteiger partial charge >= 0.3 is 0 Å². The Morgan fingerprint density at radius 3 is 1.18 bits per heavy atom. The van der Waals surface area contributed by atoms with Gasteiger partial charge in [-0.1, -0.05) is 38.1 Å². The Balaban J connectivity index is 1.54. The van der Waals surface area contributed by atoms with Gasteiger partial charge in [-0.3, -0.25) is 0 Å². The van der Waals surface area contributed by atoms with E-state index in [1.807, 2.05) is 0 Å². The van der Waals surface area contributed by atoms with E-state index in [9.17, 15) is 0 Å². The average Bonchev–Trinajstić information content (AvgIpc) is 2.99. The summed E-state index contributed by atoms with van der Waals surface area (Å²) in [4.78, 5) is 0. The van der Waals surface area contributed by atoms with E-state index < -0.39 is 0 Å². The lowest BCUT2D eigenvalue weighted by molar-refractivity contribution is 0.0473. The zero-order valence-corrected chi connectivity index (χ0v) is 25.3. The highest BCUT2D eigenvalue weighted by molar-refractivity contribution is 5.29. The Morgan fingerprint density at radius 1 is 0.475 bits per heavy atom. The Kier molecular flexibility index (Phi) is 19.2. The van der Waals surface area contributed by atoms with Crippen LogP contribution in [0.3, 0.4) is 0 Å². The van der Waals surface area contributed by atoms with Gasteiger partial charge in [-0.05, 0) is 126 Å². The molecule has 2 rings (SSSR count). The molecule has 0 fully saturated rings. The van der Waals surface area contributed by atoms with Gasteiger partial charge < -0.3 is 30.4 Å². The van der Waals surface area contributed by atoms with Crippen LogP contribution in [0.25, 0.3) is 0 Å². The van der Waals surface area contributed by atoms with Crippen molar-refractivity contribution in [2.45, 2.75) is 103 Å². The molecule has 2 unspecified atom stereocenters. The summed E-state index contributed by atoms with van der Waals surface area (Å²) in [6, 6.07) is 16.8. The SMILES string of the molecule is CCC(OCCCCCN)c1ccc(OCCCCCCOc2ccc(C(CC)OCCCCCN)cc2)cc1. The molecule has 0 radical (unpaired) electrons. The normalized spacial score (nSPS) is 12.8. The molecule has 0 heterocycles. The van der Waals surface area contributed by atoms with Gasteiger partial charge in [0, 0.05) is 13.2 Å². The molecule has 0 saturated carbocycles. The van der Waals surface area contributed by atoms with Gasteiger partial charge in [0.15, 0.2) is 0 Å². The Morgan fingerprint density at radius 2 is 0.825 bits per heavy atom. The maximum absolute atomic E-state index is 6.08. The standard InChI is InChI=1S/C34H56N2O4/c1-3-33(39-27-13-7-9-23-35)29-15-19-31(20-16-29)37-25-11-5-6-12-26-38-32-21-17-30(18-22-32)34(4-2)40-28-14-8-10-24-36/h15-22,33-34H,3-14,23-28,35-36H2,1-2H3. The Hall–Kier alpha value is -2.12. The lowest BCUT2D eigenvalue weighted by Crippen LogP contribution is -2.06. The van der Waals surface area contributed by atoms with Crippen LogP contribution in [0.2, 0.25) is 0 Å². The summed E-state index contributed by atoms with van der Waals surface area (Å²) in [7, 11) is 0. The maximum atomic E-state index is 6.08. The number of nitrogens with two attached hydrogens (primary N) is 2.